The highest BCUT2D eigenvalue weighted by Crippen LogP contribution is 2.48. The van der Waals surface area contributed by atoms with Gasteiger partial charge in [0.2, 0.25) is 0 Å². The number of carbonyl (C=O) groups is 1. The van der Waals surface area contributed by atoms with Gasteiger partial charge in [0, 0.05) is 41.4 Å². The Balaban J connectivity index is 1.75. The van der Waals surface area contributed by atoms with Crippen molar-refractivity contribution in [2.24, 2.45) is 5.92 Å². The van der Waals surface area contributed by atoms with Crippen LogP contribution in [0.3, 0.4) is 0 Å². The number of ether oxygens (including phenoxy) is 1. The van der Waals surface area contributed by atoms with Crippen LogP contribution in [0.25, 0.3) is 22.4 Å². The minimum Gasteiger partial charge on any atom is -0.492 e. The van der Waals surface area contributed by atoms with E-state index >= 15 is 0 Å². The highest BCUT2D eigenvalue weighted by Gasteiger charge is 2.34. The van der Waals surface area contributed by atoms with Gasteiger partial charge in [-0.2, -0.15) is 13.2 Å². The molecule has 0 unspecified atom stereocenters. The van der Waals surface area contributed by atoms with E-state index in [0.29, 0.717) is 42.0 Å². The summed E-state index contributed by atoms with van der Waals surface area (Å²) < 4.78 is 47.0. The standard InChI is InChI=1S/C26H22F3NO4/c1-13(2)21-10-18-16-7-8-34-24(16)17(14-3-5-15(6-4-14)26(27,28)29)9-19(18)22-11-23(31)20(25(32)33)12-30(21)22/h3-6,9,11-13,21H,7-8,10H2,1-2H3,(H,32,33)/t21-/m0/s1. The van der Waals surface area contributed by atoms with E-state index in [4.69, 9.17) is 4.74 Å². The highest BCUT2D eigenvalue weighted by atomic mass is 19.4. The maximum absolute atomic E-state index is 13.1. The molecule has 3 heterocycles. The second kappa shape index (κ2) is 7.75. The third-order valence-corrected chi connectivity index (χ3v) is 6.74. The second-order valence-corrected chi connectivity index (χ2v) is 9.10. The molecule has 5 rings (SSSR count). The first-order valence-electron chi connectivity index (χ1n) is 11.0. The number of fused-ring (bicyclic) bond motifs is 5. The molecule has 0 saturated heterocycles. The van der Waals surface area contributed by atoms with Crippen LogP contribution < -0.4 is 10.2 Å². The van der Waals surface area contributed by atoms with Crippen molar-refractivity contribution in [2.75, 3.05) is 6.61 Å². The molecule has 2 aromatic carbocycles. The van der Waals surface area contributed by atoms with Crippen molar-refractivity contribution in [3.63, 3.8) is 0 Å². The number of alkyl halides is 3. The van der Waals surface area contributed by atoms with E-state index in [1.807, 2.05) is 24.5 Å². The molecule has 2 aliphatic heterocycles. The zero-order chi connectivity index (χ0) is 24.4. The molecule has 0 saturated carbocycles. The maximum Gasteiger partial charge on any atom is 0.416 e. The molecule has 1 aromatic heterocycles. The second-order valence-electron chi connectivity index (χ2n) is 9.10. The molecule has 0 radical (unpaired) electrons. The fourth-order valence-electron chi connectivity index (χ4n) is 5.02. The first-order valence-corrected chi connectivity index (χ1v) is 11.0. The number of benzene rings is 2. The molecule has 0 bridgehead atoms. The normalized spacial score (nSPS) is 16.6. The van der Waals surface area contributed by atoms with Crippen molar-refractivity contribution >= 4 is 5.97 Å². The molecule has 3 aromatic rings. The summed E-state index contributed by atoms with van der Waals surface area (Å²) in [5.74, 6) is -0.441. The predicted molar refractivity (Wildman–Crippen MR) is 120 cm³/mol. The van der Waals surface area contributed by atoms with Crippen LogP contribution >= 0.6 is 0 Å². The van der Waals surface area contributed by atoms with Crippen LogP contribution in [0.1, 0.15) is 46.9 Å². The molecule has 1 N–H and O–H groups in total. The molecule has 0 spiro atoms. The summed E-state index contributed by atoms with van der Waals surface area (Å²) in [5, 5.41) is 9.48. The van der Waals surface area contributed by atoms with Gasteiger partial charge in [0.1, 0.15) is 11.3 Å². The summed E-state index contributed by atoms with van der Waals surface area (Å²) in [5.41, 5.74) is 3.07. The van der Waals surface area contributed by atoms with Crippen molar-refractivity contribution in [3.05, 3.63) is 75.1 Å². The summed E-state index contributed by atoms with van der Waals surface area (Å²) in [6, 6.07) is 8.09. The molecule has 34 heavy (non-hydrogen) atoms. The molecule has 5 nitrogen and oxygen atoms in total. The van der Waals surface area contributed by atoms with Crippen LogP contribution in [0.4, 0.5) is 13.2 Å². The molecule has 176 valence electrons. The van der Waals surface area contributed by atoms with Crippen molar-refractivity contribution < 1.29 is 27.8 Å². The predicted octanol–water partition coefficient (Wildman–Crippen LogP) is 5.59. The number of carboxylic acids is 1. The van der Waals surface area contributed by atoms with E-state index in [9.17, 15) is 27.9 Å². The van der Waals surface area contributed by atoms with E-state index in [-0.39, 0.29) is 17.5 Å². The van der Waals surface area contributed by atoms with Gasteiger partial charge >= 0.3 is 12.1 Å². The van der Waals surface area contributed by atoms with Gasteiger partial charge < -0.3 is 14.4 Å². The number of pyridine rings is 1. The van der Waals surface area contributed by atoms with Crippen molar-refractivity contribution in [3.8, 4) is 28.1 Å². The lowest BCUT2D eigenvalue weighted by atomic mass is 9.82. The fraction of sp³-hybridized carbons (Fsp3) is 0.308. The largest absolute Gasteiger partial charge is 0.492 e. The number of hydrogen-bond acceptors (Lipinski definition) is 3. The van der Waals surface area contributed by atoms with Gasteiger partial charge in [0.05, 0.1) is 17.9 Å². The first-order chi connectivity index (χ1) is 16.1. The Hall–Kier alpha value is -3.55. The fourth-order valence-corrected chi connectivity index (χ4v) is 5.02. The Bertz CT molecular complexity index is 1370. The number of hydrogen-bond donors (Lipinski definition) is 1. The van der Waals surface area contributed by atoms with Crippen molar-refractivity contribution in [1.29, 1.82) is 0 Å². The van der Waals surface area contributed by atoms with Gasteiger partial charge in [-0.1, -0.05) is 26.0 Å². The minimum absolute atomic E-state index is 0.0529. The van der Waals surface area contributed by atoms with Crippen LogP contribution in [0.5, 0.6) is 5.75 Å². The van der Waals surface area contributed by atoms with E-state index in [0.717, 1.165) is 28.8 Å². The quantitative estimate of drug-likeness (QED) is 0.543. The number of nitrogens with zero attached hydrogens (tertiary/aromatic N) is 1. The van der Waals surface area contributed by atoms with Gasteiger partial charge in [-0.05, 0) is 41.7 Å². The first kappa shape index (κ1) is 22.3. The average Bonchev–Trinajstić information content (AvgIpc) is 3.27. The van der Waals surface area contributed by atoms with Crippen LogP contribution in [-0.2, 0) is 19.0 Å². The zero-order valence-electron chi connectivity index (χ0n) is 18.6. The molecular formula is C26H22F3NO4. The van der Waals surface area contributed by atoms with Crippen LogP contribution in [0.15, 0.2) is 47.4 Å². The van der Waals surface area contributed by atoms with Crippen LogP contribution in [0.2, 0.25) is 0 Å². The van der Waals surface area contributed by atoms with Crippen molar-refractivity contribution in [1.82, 2.24) is 4.57 Å². The lowest BCUT2D eigenvalue weighted by Gasteiger charge is -2.34. The summed E-state index contributed by atoms with van der Waals surface area (Å²) in [4.78, 5) is 24.2. The number of rotatable bonds is 3. The summed E-state index contributed by atoms with van der Waals surface area (Å²) in [6.45, 7) is 4.56. The molecule has 0 aliphatic carbocycles. The zero-order valence-corrected chi connectivity index (χ0v) is 18.6. The average molecular weight is 469 g/mol. The maximum atomic E-state index is 13.1. The SMILES string of the molecule is CC(C)[C@@H]1Cc2c(cc(-c3ccc(C(F)(F)F)cc3)c3c2CCO3)-c2cc(=O)c(C(=O)O)cn21. The number of carboxylic acid groups (broad SMARTS) is 1. The van der Waals surface area contributed by atoms with E-state index in [1.165, 1.54) is 24.4 Å². The monoisotopic (exact) mass is 469 g/mol. The van der Waals surface area contributed by atoms with Gasteiger partial charge in [0.25, 0.3) is 0 Å². The minimum atomic E-state index is -4.43. The van der Waals surface area contributed by atoms with Crippen LogP contribution in [-0.4, -0.2) is 22.2 Å². The molecule has 1 atom stereocenters. The smallest absolute Gasteiger partial charge is 0.416 e. The van der Waals surface area contributed by atoms with E-state index in [2.05, 4.69) is 0 Å². The topological polar surface area (TPSA) is 68.5 Å². The van der Waals surface area contributed by atoms with Crippen molar-refractivity contribution in [2.45, 2.75) is 38.9 Å². The molecule has 8 heteroatoms. The lowest BCUT2D eigenvalue weighted by Crippen LogP contribution is -2.28. The van der Waals surface area contributed by atoms with Gasteiger partial charge in [-0.3, -0.25) is 4.79 Å². The Kier molecular flexibility index (Phi) is 5.07. The third-order valence-electron chi connectivity index (χ3n) is 6.74. The Morgan fingerprint density at radius 2 is 1.82 bits per heavy atom. The van der Waals surface area contributed by atoms with Crippen LogP contribution in [0, 0.1) is 5.92 Å². The van der Waals surface area contributed by atoms with Gasteiger partial charge in [-0.25, -0.2) is 4.79 Å². The lowest BCUT2D eigenvalue weighted by molar-refractivity contribution is -0.137. The number of aromatic nitrogens is 1. The Morgan fingerprint density at radius 3 is 2.44 bits per heavy atom. The molecule has 2 aliphatic rings. The summed E-state index contributed by atoms with van der Waals surface area (Å²) >= 11 is 0. The summed E-state index contributed by atoms with van der Waals surface area (Å²) in [6.07, 6.45) is -1.72. The van der Waals surface area contributed by atoms with Gasteiger partial charge in [0.15, 0.2) is 5.43 Å². The Morgan fingerprint density at radius 1 is 1.12 bits per heavy atom. The van der Waals surface area contributed by atoms with E-state index < -0.39 is 23.1 Å². The Labute approximate surface area is 193 Å². The molecule has 0 fully saturated rings. The highest BCUT2D eigenvalue weighted by molar-refractivity contribution is 5.88. The number of aromatic carboxylic acids is 1. The number of halogens is 3. The van der Waals surface area contributed by atoms with Gasteiger partial charge in [-0.15, -0.1) is 0 Å². The summed E-state index contributed by atoms with van der Waals surface area (Å²) in [7, 11) is 0. The third kappa shape index (κ3) is 3.48. The van der Waals surface area contributed by atoms with E-state index in [1.54, 1.807) is 0 Å². The molecule has 0 amide bonds. The molecular weight excluding hydrogens is 447 g/mol.